The van der Waals surface area contributed by atoms with Crippen LogP contribution in [0.1, 0.15) is 41.9 Å². The molecular weight excluding hydrogens is 278 g/mol. The van der Waals surface area contributed by atoms with E-state index in [1.807, 2.05) is 6.07 Å². The maximum atomic E-state index is 11.6. The third-order valence-corrected chi connectivity index (χ3v) is 4.34. The molecule has 0 amide bonds. The number of nitrogens with zero attached hydrogens (tertiary/aromatic N) is 2. The number of carbonyl (C=O) groups excluding carboxylic acids is 1. The molecule has 116 valence electrons. The second kappa shape index (κ2) is 5.83. The van der Waals surface area contributed by atoms with E-state index in [9.17, 15) is 4.79 Å². The molecule has 1 aromatic carbocycles. The Morgan fingerprint density at radius 3 is 2.77 bits per heavy atom. The number of methoxy groups -OCH3 is 1. The Morgan fingerprint density at radius 1 is 1.41 bits per heavy atom. The van der Waals surface area contributed by atoms with Gasteiger partial charge in [0.15, 0.2) is 0 Å². The van der Waals surface area contributed by atoms with Crippen molar-refractivity contribution >= 4 is 17.0 Å². The van der Waals surface area contributed by atoms with Gasteiger partial charge >= 0.3 is 5.97 Å². The average molecular weight is 299 g/mol. The second-order valence-electron chi connectivity index (χ2n) is 5.84. The number of likely N-dealkylation sites (tertiary alicyclic amines) is 1. The van der Waals surface area contributed by atoms with Gasteiger partial charge < -0.3 is 14.6 Å². The van der Waals surface area contributed by atoms with Gasteiger partial charge in [0.25, 0.3) is 0 Å². The molecule has 1 aliphatic heterocycles. The topological polar surface area (TPSA) is 58.2 Å². The Morgan fingerprint density at radius 2 is 2.14 bits per heavy atom. The number of benzene rings is 1. The molecule has 1 aromatic heterocycles. The van der Waals surface area contributed by atoms with Gasteiger partial charge in [0.05, 0.1) is 23.7 Å². The lowest BCUT2D eigenvalue weighted by Gasteiger charge is -2.32. The third kappa shape index (κ3) is 2.71. The number of esters is 1. The second-order valence-corrected chi connectivity index (χ2v) is 5.84. The number of imidazole rings is 1. The normalized spacial score (nSPS) is 16.0. The first-order valence-corrected chi connectivity index (χ1v) is 7.57. The number of rotatable bonds is 3. The first kappa shape index (κ1) is 14.6. The summed E-state index contributed by atoms with van der Waals surface area (Å²) in [6.45, 7) is 8.09. The summed E-state index contributed by atoms with van der Waals surface area (Å²) in [6, 6.07) is 5.42. The van der Waals surface area contributed by atoms with Gasteiger partial charge in [-0.15, -0.1) is 0 Å². The lowest BCUT2D eigenvalue weighted by molar-refractivity contribution is 0.0601. The number of hydrogen-bond acceptors (Lipinski definition) is 4. The smallest absolute Gasteiger partial charge is 0.337 e. The first-order chi connectivity index (χ1) is 10.6. The molecule has 1 aliphatic rings. The zero-order valence-electron chi connectivity index (χ0n) is 13.1. The van der Waals surface area contributed by atoms with Crippen molar-refractivity contribution in [2.45, 2.75) is 25.7 Å². The van der Waals surface area contributed by atoms with E-state index in [0.717, 1.165) is 48.5 Å². The van der Waals surface area contributed by atoms with Crippen LogP contribution in [0.5, 0.6) is 0 Å². The molecule has 0 radical (unpaired) electrons. The highest BCUT2D eigenvalue weighted by atomic mass is 16.5. The number of aromatic nitrogens is 2. The van der Waals surface area contributed by atoms with Gasteiger partial charge in [-0.25, -0.2) is 9.78 Å². The molecule has 1 saturated heterocycles. The van der Waals surface area contributed by atoms with Crippen LogP contribution >= 0.6 is 0 Å². The predicted molar refractivity (Wildman–Crippen MR) is 85.8 cm³/mol. The van der Waals surface area contributed by atoms with Crippen LogP contribution in [0.3, 0.4) is 0 Å². The number of ether oxygens (including phenoxy) is 1. The molecular formula is C17H21N3O2. The lowest BCUT2D eigenvalue weighted by Crippen LogP contribution is -2.31. The summed E-state index contributed by atoms with van der Waals surface area (Å²) < 4.78 is 4.76. The minimum Gasteiger partial charge on any atom is -0.465 e. The number of H-pyrrole nitrogens is 1. The molecule has 3 rings (SSSR count). The number of hydrogen-bond donors (Lipinski definition) is 1. The van der Waals surface area contributed by atoms with Crippen molar-refractivity contribution in [3.05, 3.63) is 41.9 Å². The van der Waals surface area contributed by atoms with Crippen molar-refractivity contribution in [2.75, 3.05) is 20.2 Å². The van der Waals surface area contributed by atoms with Crippen molar-refractivity contribution < 1.29 is 9.53 Å². The van der Waals surface area contributed by atoms with E-state index >= 15 is 0 Å². The fourth-order valence-electron chi connectivity index (χ4n) is 3.00. The molecule has 1 fully saturated rings. The fraction of sp³-hybridized carbons (Fsp3) is 0.412. The zero-order chi connectivity index (χ0) is 15.7. The van der Waals surface area contributed by atoms with Crippen LogP contribution in [0.15, 0.2) is 30.5 Å². The van der Waals surface area contributed by atoms with E-state index in [2.05, 4.69) is 28.4 Å². The largest absolute Gasteiger partial charge is 0.465 e. The van der Waals surface area contributed by atoms with Crippen LogP contribution < -0.4 is 0 Å². The summed E-state index contributed by atoms with van der Waals surface area (Å²) in [6.07, 6.45) is 2.13. The van der Waals surface area contributed by atoms with Crippen LogP contribution in [-0.4, -0.2) is 41.0 Å². The van der Waals surface area contributed by atoms with Crippen LogP contribution in [0.4, 0.5) is 0 Å². The predicted octanol–water partition coefficient (Wildman–Crippen LogP) is 3.06. The van der Waals surface area contributed by atoms with E-state index in [1.54, 1.807) is 12.1 Å². The van der Waals surface area contributed by atoms with E-state index in [0.29, 0.717) is 11.5 Å². The van der Waals surface area contributed by atoms with E-state index < -0.39 is 0 Å². The van der Waals surface area contributed by atoms with Crippen LogP contribution in [0.25, 0.3) is 11.0 Å². The Labute approximate surface area is 130 Å². The first-order valence-electron chi connectivity index (χ1n) is 7.57. The van der Waals surface area contributed by atoms with Gasteiger partial charge in [0, 0.05) is 24.7 Å². The number of carbonyl (C=O) groups is 1. The Bertz CT molecular complexity index is 712. The standard InChI is InChI=1S/C17H21N3O2/c1-11(2)20-8-6-12(7-9-20)16-18-14-5-4-13(17(21)22-3)10-15(14)19-16/h4-5,10,12H,1,6-9H2,2-3H3,(H,18,19). The highest BCUT2D eigenvalue weighted by Gasteiger charge is 2.23. The van der Waals surface area contributed by atoms with Gasteiger partial charge in [0.1, 0.15) is 5.82 Å². The Balaban J connectivity index is 1.81. The van der Waals surface area contributed by atoms with E-state index in [1.165, 1.54) is 7.11 Å². The molecule has 2 heterocycles. The van der Waals surface area contributed by atoms with Crippen molar-refractivity contribution in [1.82, 2.24) is 14.9 Å². The lowest BCUT2D eigenvalue weighted by atomic mass is 9.96. The third-order valence-electron chi connectivity index (χ3n) is 4.34. The molecule has 0 spiro atoms. The van der Waals surface area contributed by atoms with Gasteiger partial charge in [0.2, 0.25) is 0 Å². The van der Waals surface area contributed by atoms with Gasteiger partial charge in [-0.3, -0.25) is 0 Å². The van der Waals surface area contributed by atoms with Crippen LogP contribution in [0.2, 0.25) is 0 Å². The van der Waals surface area contributed by atoms with E-state index in [4.69, 9.17) is 4.74 Å². The fourth-order valence-corrected chi connectivity index (χ4v) is 3.00. The molecule has 1 N–H and O–H groups in total. The molecule has 0 aliphatic carbocycles. The average Bonchev–Trinajstić information content (AvgIpc) is 2.97. The van der Waals surface area contributed by atoms with Crippen molar-refractivity contribution in [1.29, 1.82) is 0 Å². The highest BCUT2D eigenvalue weighted by molar-refractivity contribution is 5.93. The van der Waals surface area contributed by atoms with Crippen molar-refractivity contribution in [3.63, 3.8) is 0 Å². The minimum atomic E-state index is -0.326. The Hall–Kier alpha value is -2.30. The number of allylic oxidation sites excluding steroid dienone is 1. The van der Waals surface area contributed by atoms with Crippen molar-refractivity contribution in [3.8, 4) is 0 Å². The monoisotopic (exact) mass is 299 g/mol. The summed E-state index contributed by atoms with van der Waals surface area (Å²) in [5.41, 5.74) is 3.46. The van der Waals surface area contributed by atoms with Crippen LogP contribution in [0, 0.1) is 0 Å². The van der Waals surface area contributed by atoms with Crippen molar-refractivity contribution in [2.24, 2.45) is 0 Å². The molecule has 5 heteroatoms. The summed E-state index contributed by atoms with van der Waals surface area (Å²) in [4.78, 5) is 22.0. The zero-order valence-corrected chi connectivity index (χ0v) is 13.1. The van der Waals surface area contributed by atoms with Crippen LogP contribution in [-0.2, 0) is 4.74 Å². The molecule has 0 unspecified atom stereocenters. The summed E-state index contributed by atoms with van der Waals surface area (Å²) in [7, 11) is 1.39. The molecule has 0 saturated carbocycles. The number of nitrogens with one attached hydrogen (secondary N) is 1. The quantitative estimate of drug-likeness (QED) is 0.885. The summed E-state index contributed by atoms with van der Waals surface area (Å²) in [5.74, 6) is 1.12. The SMILES string of the molecule is C=C(C)N1CCC(c2nc3ccc(C(=O)OC)cc3[nH]2)CC1. The van der Waals surface area contributed by atoms with Gasteiger partial charge in [-0.1, -0.05) is 6.58 Å². The molecule has 0 atom stereocenters. The minimum absolute atomic E-state index is 0.326. The molecule has 0 bridgehead atoms. The summed E-state index contributed by atoms with van der Waals surface area (Å²) >= 11 is 0. The van der Waals surface area contributed by atoms with Gasteiger partial charge in [-0.05, 0) is 38.0 Å². The number of aromatic amines is 1. The molecule has 22 heavy (non-hydrogen) atoms. The molecule has 5 nitrogen and oxygen atoms in total. The summed E-state index contributed by atoms with van der Waals surface area (Å²) in [5, 5.41) is 0. The van der Waals surface area contributed by atoms with E-state index in [-0.39, 0.29) is 5.97 Å². The molecule has 2 aromatic rings. The number of piperidine rings is 1. The number of fused-ring (bicyclic) bond motifs is 1. The maximum absolute atomic E-state index is 11.6. The maximum Gasteiger partial charge on any atom is 0.337 e. The highest BCUT2D eigenvalue weighted by Crippen LogP contribution is 2.29. The Kier molecular flexibility index (Phi) is 3.88. The van der Waals surface area contributed by atoms with Gasteiger partial charge in [-0.2, -0.15) is 0 Å².